The van der Waals surface area contributed by atoms with Gasteiger partial charge >= 0.3 is 56.6 Å². The van der Waals surface area contributed by atoms with Gasteiger partial charge in [-0.15, -0.1) is 16.2 Å². The maximum absolute atomic E-state index is 2.88. The summed E-state index contributed by atoms with van der Waals surface area (Å²) in [6.45, 7) is 93.7. The van der Waals surface area contributed by atoms with E-state index in [2.05, 4.69) is 281 Å². The molecule has 8 heteroatoms. The molecule has 0 N–H and O–H groups in total. The minimum Gasteiger partial charge on any atom is -0.138 e. The van der Waals surface area contributed by atoms with E-state index in [1.165, 1.54) is 22.3 Å². The van der Waals surface area contributed by atoms with Gasteiger partial charge in [0.05, 0.1) is 32.3 Å². The Balaban J connectivity index is 5.63. The molecule has 0 aliphatic rings. The molecule has 0 aliphatic heterocycles. The van der Waals surface area contributed by atoms with E-state index >= 15 is 0 Å². The van der Waals surface area contributed by atoms with Crippen molar-refractivity contribution in [3.8, 4) is 0 Å². The minimum atomic E-state index is -1.78. The van der Waals surface area contributed by atoms with Gasteiger partial charge in [-0.25, -0.2) is 0 Å². The topological polar surface area (TPSA) is 0 Å². The molecule has 0 nitrogen and oxygen atoms in total. The van der Waals surface area contributed by atoms with Gasteiger partial charge in [0.15, 0.2) is 0 Å². The van der Waals surface area contributed by atoms with Crippen LogP contribution in [0.5, 0.6) is 0 Å². The Bertz CT molecular complexity index is 1610. The molecule has 1 aromatic carbocycles. The molecule has 1 aromatic rings. The summed E-state index contributed by atoms with van der Waals surface area (Å²) in [7, 11) is -7.14. The average Bonchev–Trinajstić information content (AvgIpc) is 2.93. The van der Waals surface area contributed by atoms with Gasteiger partial charge in [0.25, 0.3) is 0 Å². The van der Waals surface area contributed by atoms with E-state index in [1.807, 2.05) is 16.2 Å². The van der Waals surface area contributed by atoms with E-state index in [4.69, 9.17) is 0 Å². The molecule has 0 unspecified atom stereocenters. The lowest BCUT2D eigenvalue weighted by atomic mass is 9.98. The van der Waals surface area contributed by atoms with Crippen LogP contribution in [0.3, 0.4) is 0 Å². The van der Waals surface area contributed by atoms with Crippen LogP contribution in [0.2, 0.25) is 113 Å². The Labute approximate surface area is 438 Å². The summed E-state index contributed by atoms with van der Waals surface area (Å²) < 4.78 is 9.57. The van der Waals surface area contributed by atoms with E-state index in [-0.39, 0.29) is 34.2 Å². The third-order valence-electron chi connectivity index (χ3n) is 14.2. The summed E-state index contributed by atoms with van der Waals surface area (Å²) in [5.41, 5.74) is 6.01. The lowest BCUT2D eigenvalue weighted by Crippen LogP contribution is -2.46. The number of benzene rings is 1. The van der Waals surface area contributed by atoms with Crippen LogP contribution in [0, 0.1) is 0 Å². The standard InChI is InChI=1S/C26H42Si4.8C4H9.4Al/c1-27(2,3)17-13-23-21-25(15-19-29(7,8)9)26(16-20-30(10,11)12)22-24(23)14-18-28(4,5)6;8*1-4(2)3;;;;/h13-16,21-22H,1-12H3;8*1-3H3;;;;. The molecule has 0 aliphatic carbocycles. The fourth-order valence-corrected chi connectivity index (χ4v) is 59.5. The summed E-state index contributed by atoms with van der Waals surface area (Å²) in [5, 5.41) is 0. The second-order valence-corrected chi connectivity index (χ2v) is 76.6. The summed E-state index contributed by atoms with van der Waals surface area (Å²) in [4.78, 5) is 0. The zero-order chi connectivity index (χ0) is 53.2. The largest absolute Gasteiger partial charge is 0.305 e. The van der Waals surface area contributed by atoms with Crippen molar-refractivity contribution in [2.45, 2.75) is 279 Å². The van der Waals surface area contributed by atoms with Gasteiger partial charge in [-0.1, -0.05) is 303 Å². The highest BCUT2D eigenvalue weighted by molar-refractivity contribution is 7.03. The monoisotopic (exact) mass is 1030 g/mol. The van der Waals surface area contributed by atoms with Gasteiger partial charge in [0, 0.05) is 0 Å². The second kappa shape index (κ2) is 21.2. The summed E-state index contributed by atoms with van der Waals surface area (Å²) in [5.74, 6) is 0. The maximum atomic E-state index is 2.88. The predicted molar refractivity (Wildman–Crippen MR) is 332 cm³/mol. The van der Waals surface area contributed by atoms with Gasteiger partial charge in [-0.05, 0) is 34.4 Å². The van der Waals surface area contributed by atoms with E-state index in [1.54, 1.807) is 0 Å². The fourth-order valence-electron chi connectivity index (χ4n) is 13.7. The molecule has 0 radical (unpaired) electrons. The van der Waals surface area contributed by atoms with Gasteiger partial charge in [-0.2, -0.15) is 0 Å². The van der Waals surface area contributed by atoms with Crippen molar-refractivity contribution < 1.29 is 0 Å². The quantitative estimate of drug-likeness (QED) is 0.183. The summed E-state index contributed by atoms with van der Waals surface area (Å²) in [6.07, 6.45) is 11.5. The summed E-state index contributed by atoms with van der Waals surface area (Å²) in [6, 6.07) is 5.59. The molecule has 66 heavy (non-hydrogen) atoms. The molecule has 1 rings (SSSR count). The number of hydrogen-bond acceptors (Lipinski definition) is 0. The first-order valence-electron chi connectivity index (χ1n) is 26.4. The maximum Gasteiger partial charge on any atom is 0.305 e. The first kappa shape index (κ1) is 65.2. The van der Waals surface area contributed by atoms with Crippen molar-refractivity contribution in [1.82, 2.24) is 0 Å². The zero-order valence-electron chi connectivity index (χ0n) is 51.8. The van der Waals surface area contributed by atoms with Crippen molar-refractivity contribution >= 4 is 113 Å². The Kier molecular flexibility index (Phi) is 20.9. The highest BCUT2D eigenvalue weighted by Crippen LogP contribution is 2.53. The molecule has 0 fully saturated rings. The highest BCUT2D eigenvalue weighted by Gasteiger charge is 2.51. The minimum absolute atomic E-state index is 0.265. The van der Waals surface area contributed by atoms with Crippen LogP contribution in [-0.2, 0) is 0 Å². The van der Waals surface area contributed by atoms with Crippen LogP contribution < -0.4 is 0 Å². The van der Waals surface area contributed by atoms with Crippen LogP contribution in [-0.4, -0.2) is 88.9 Å². The molecule has 374 valence electrons. The number of hydrogen-bond donors (Lipinski definition) is 0. The van der Waals surface area contributed by atoms with Gasteiger partial charge in [0.2, 0.25) is 0 Å². The molecule has 0 saturated heterocycles. The van der Waals surface area contributed by atoms with Crippen molar-refractivity contribution in [3.05, 3.63) is 50.6 Å². The molecular formula is C58H114Al4Si4. The second-order valence-electron chi connectivity index (χ2n) is 34.2. The smallest absolute Gasteiger partial charge is 0.138 e. The fraction of sp³-hybridized carbons (Fsp3) is 0.759. The first-order chi connectivity index (χ1) is 28.4. The van der Waals surface area contributed by atoms with Crippen LogP contribution >= 0.6 is 0 Å². The average molecular weight is 1030 g/mol. The molecule has 0 heterocycles. The van der Waals surface area contributed by atoms with E-state index < -0.39 is 88.9 Å². The Morgan fingerprint density at radius 3 is 0.439 bits per heavy atom. The molecular weight excluding hydrogens is 917 g/mol. The SMILES string of the molecule is C[C](C)(C)[Al](/[C](=C/c1cc(/C=[C](\[Al]([C](C)(C)C)[C](C)(C)C)[Si](C)(C)C)c(/C=[C](/[Al]([C](C)(C)C)[C](C)(C)C)[Si](C)(C)C)cc1/C=[C](\[Al]([C](C)(C)C)[C](C)(C)C)[Si](C)(C)C)[Si](C)(C)C)[C](C)(C)C. The van der Waals surface area contributed by atoms with Crippen LogP contribution in [0.1, 0.15) is 188 Å². The van der Waals surface area contributed by atoms with E-state index in [0.29, 0.717) is 0 Å². The lowest BCUT2D eigenvalue weighted by molar-refractivity contribution is 0.650. The van der Waals surface area contributed by atoms with Crippen molar-refractivity contribution in [2.75, 3.05) is 0 Å². The van der Waals surface area contributed by atoms with Crippen molar-refractivity contribution in [3.63, 3.8) is 0 Å². The predicted octanol–water partition coefficient (Wildman–Crippen LogP) is 21.3. The normalized spacial score (nSPS) is 15.9. The van der Waals surface area contributed by atoms with E-state index in [9.17, 15) is 0 Å². The Hall–Kier alpha value is 1.18. The van der Waals surface area contributed by atoms with Crippen LogP contribution in [0.15, 0.2) is 28.4 Å². The molecule has 0 aromatic heterocycles. The Morgan fingerprint density at radius 1 is 0.258 bits per heavy atom. The molecule has 0 bridgehead atoms. The number of rotatable bonds is 12. The third kappa shape index (κ3) is 18.3. The highest BCUT2D eigenvalue weighted by atomic mass is 28.3. The van der Waals surface area contributed by atoms with Gasteiger partial charge in [0.1, 0.15) is 0 Å². The zero-order valence-corrected chi connectivity index (χ0v) is 60.4. The molecule has 0 spiro atoms. The van der Waals surface area contributed by atoms with Crippen LogP contribution in [0.4, 0.5) is 0 Å². The van der Waals surface area contributed by atoms with Crippen molar-refractivity contribution in [2.24, 2.45) is 0 Å². The lowest BCUT2D eigenvalue weighted by Gasteiger charge is -2.43. The first-order valence-corrected chi connectivity index (χ1v) is 47.4. The molecule has 0 saturated carbocycles. The Morgan fingerprint density at radius 2 is 0.364 bits per heavy atom. The molecule has 0 amide bonds. The van der Waals surface area contributed by atoms with Crippen molar-refractivity contribution in [1.29, 1.82) is 0 Å². The summed E-state index contributed by atoms with van der Waals surface area (Å²) >= 11 is -6.05. The van der Waals surface area contributed by atoms with E-state index in [0.717, 1.165) is 0 Å². The third-order valence-corrected chi connectivity index (χ3v) is 52.5. The van der Waals surface area contributed by atoms with Gasteiger partial charge in [-0.3, -0.25) is 0 Å². The van der Waals surface area contributed by atoms with Gasteiger partial charge < -0.3 is 0 Å². The molecule has 0 atom stereocenters. The van der Waals surface area contributed by atoms with Crippen LogP contribution in [0.25, 0.3) is 24.3 Å².